The second-order valence-corrected chi connectivity index (χ2v) is 7.67. The van der Waals surface area contributed by atoms with Gasteiger partial charge in [-0.25, -0.2) is 0 Å². The topological polar surface area (TPSA) is 12.0 Å². The minimum Gasteiger partial charge on any atom is -0.312 e. The van der Waals surface area contributed by atoms with Gasteiger partial charge in [0.1, 0.15) is 0 Å². The lowest BCUT2D eigenvalue weighted by Gasteiger charge is -2.23. The van der Waals surface area contributed by atoms with E-state index in [0.717, 1.165) is 6.04 Å². The number of hydrogen-bond acceptors (Lipinski definition) is 1. The maximum Gasteiger partial charge on any atom is 0.00695 e. The van der Waals surface area contributed by atoms with E-state index in [9.17, 15) is 0 Å². The molecule has 1 N–H and O–H groups in total. The van der Waals surface area contributed by atoms with Crippen molar-refractivity contribution in [1.82, 2.24) is 5.32 Å². The third-order valence-corrected chi connectivity index (χ3v) is 5.05. The van der Waals surface area contributed by atoms with Gasteiger partial charge in [0.2, 0.25) is 0 Å². The van der Waals surface area contributed by atoms with Crippen molar-refractivity contribution in [3.05, 3.63) is 0 Å². The molecule has 0 aliphatic carbocycles. The van der Waals surface area contributed by atoms with Gasteiger partial charge in [0, 0.05) is 12.1 Å². The van der Waals surface area contributed by atoms with E-state index in [1.54, 1.807) is 0 Å². The lowest BCUT2D eigenvalue weighted by molar-refractivity contribution is 0.365. The Hall–Kier alpha value is -0.0400. The zero-order valence-electron chi connectivity index (χ0n) is 17.0. The van der Waals surface area contributed by atoms with E-state index in [2.05, 4.69) is 33.0 Å². The van der Waals surface area contributed by atoms with Gasteiger partial charge >= 0.3 is 0 Å². The van der Waals surface area contributed by atoms with E-state index in [-0.39, 0.29) is 0 Å². The lowest BCUT2D eigenvalue weighted by atomic mass is 9.99. The zero-order chi connectivity index (χ0) is 17.2. The van der Waals surface area contributed by atoms with E-state index >= 15 is 0 Å². The molecule has 0 aromatic rings. The molecular formula is C22H47N. The van der Waals surface area contributed by atoms with Gasteiger partial charge in [-0.15, -0.1) is 0 Å². The molecule has 0 amide bonds. The highest BCUT2D eigenvalue weighted by Gasteiger charge is 2.11. The average Bonchev–Trinajstić information content (AvgIpc) is 2.53. The van der Waals surface area contributed by atoms with Crippen LogP contribution in [-0.2, 0) is 0 Å². The SMILES string of the molecule is CCCCCCCCC(CCCCCCCC)NC(C)CCC. The Bertz CT molecular complexity index is 198. The normalized spacial score (nSPS) is 12.9. The van der Waals surface area contributed by atoms with Gasteiger partial charge in [-0.05, 0) is 26.2 Å². The molecule has 0 rings (SSSR count). The molecule has 0 saturated heterocycles. The van der Waals surface area contributed by atoms with Gasteiger partial charge < -0.3 is 5.32 Å². The summed E-state index contributed by atoms with van der Waals surface area (Å²) in [6, 6.07) is 1.47. The van der Waals surface area contributed by atoms with Crippen molar-refractivity contribution in [1.29, 1.82) is 0 Å². The molecule has 1 heteroatoms. The largest absolute Gasteiger partial charge is 0.312 e. The fraction of sp³-hybridized carbons (Fsp3) is 1.00. The van der Waals surface area contributed by atoms with Crippen molar-refractivity contribution < 1.29 is 0 Å². The predicted octanol–water partition coefficient (Wildman–Crippen LogP) is 7.63. The maximum absolute atomic E-state index is 3.92. The average molecular weight is 326 g/mol. The Kier molecular flexibility index (Phi) is 18.3. The molecule has 23 heavy (non-hydrogen) atoms. The Balaban J connectivity index is 3.84. The Morgan fingerprint density at radius 3 is 1.39 bits per heavy atom. The molecule has 1 unspecified atom stereocenters. The van der Waals surface area contributed by atoms with Gasteiger partial charge in [-0.1, -0.05) is 104 Å². The highest BCUT2D eigenvalue weighted by atomic mass is 14.9. The minimum atomic E-state index is 0.699. The predicted molar refractivity (Wildman–Crippen MR) is 107 cm³/mol. The monoisotopic (exact) mass is 325 g/mol. The fourth-order valence-corrected chi connectivity index (χ4v) is 3.57. The van der Waals surface area contributed by atoms with Crippen molar-refractivity contribution in [3.63, 3.8) is 0 Å². The van der Waals surface area contributed by atoms with Crippen LogP contribution in [0.25, 0.3) is 0 Å². The van der Waals surface area contributed by atoms with E-state index in [0.29, 0.717) is 6.04 Å². The summed E-state index contributed by atoms with van der Waals surface area (Å²) in [5.74, 6) is 0. The fourth-order valence-electron chi connectivity index (χ4n) is 3.57. The maximum atomic E-state index is 3.92. The van der Waals surface area contributed by atoms with Crippen molar-refractivity contribution in [2.45, 2.75) is 143 Å². The molecule has 0 bridgehead atoms. The number of hydrogen-bond donors (Lipinski definition) is 1. The van der Waals surface area contributed by atoms with Crippen LogP contribution in [0.1, 0.15) is 130 Å². The quantitative estimate of drug-likeness (QED) is 0.255. The molecule has 0 aromatic carbocycles. The van der Waals surface area contributed by atoms with Crippen LogP contribution in [0.5, 0.6) is 0 Å². The van der Waals surface area contributed by atoms with E-state index in [1.807, 2.05) is 0 Å². The molecule has 0 heterocycles. The van der Waals surface area contributed by atoms with Crippen LogP contribution in [0.3, 0.4) is 0 Å². The van der Waals surface area contributed by atoms with E-state index in [4.69, 9.17) is 0 Å². The summed E-state index contributed by atoms with van der Waals surface area (Å²) < 4.78 is 0. The summed E-state index contributed by atoms with van der Waals surface area (Å²) in [5.41, 5.74) is 0. The number of nitrogens with one attached hydrogen (secondary N) is 1. The van der Waals surface area contributed by atoms with Gasteiger partial charge in [0.05, 0.1) is 0 Å². The van der Waals surface area contributed by atoms with Crippen LogP contribution in [0, 0.1) is 0 Å². The molecular weight excluding hydrogens is 278 g/mol. The van der Waals surface area contributed by atoms with Gasteiger partial charge in [0.25, 0.3) is 0 Å². The summed E-state index contributed by atoms with van der Waals surface area (Å²) in [4.78, 5) is 0. The minimum absolute atomic E-state index is 0.699. The third-order valence-electron chi connectivity index (χ3n) is 5.05. The molecule has 0 fully saturated rings. The first kappa shape index (κ1) is 23.0. The second-order valence-electron chi connectivity index (χ2n) is 7.67. The van der Waals surface area contributed by atoms with Crippen LogP contribution < -0.4 is 5.32 Å². The first-order valence-corrected chi connectivity index (χ1v) is 11.0. The highest BCUT2D eigenvalue weighted by molar-refractivity contribution is 4.72. The number of rotatable bonds is 18. The molecule has 0 saturated carbocycles. The smallest absolute Gasteiger partial charge is 0.00695 e. The molecule has 0 aliphatic rings. The second kappa shape index (κ2) is 18.3. The summed E-state index contributed by atoms with van der Waals surface area (Å²) in [7, 11) is 0. The third kappa shape index (κ3) is 16.6. The van der Waals surface area contributed by atoms with Crippen molar-refractivity contribution in [3.8, 4) is 0 Å². The van der Waals surface area contributed by atoms with Crippen LogP contribution in [0.4, 0.5) is 0 Å². The molecule has 0 aliphatic heterocycles. The molecule has 140 valence electrons. The molecule has 0 radical (unpaired) electrons. The van der Waals surface area contributed by atoms with Gasteiger partial charge in [0.15, 0.2) is 0 Å². The first-order chi connectivity index (χ1) is 11.2. The Morgan fingerprint density at radius 2 is 0.957 bits per heavy atom. The van der Waals surface area contributed by atoms with Gasteiger partial charge in [-0.2, -0.15) is 0 Å². The van der Waals surface area contributed by atoms with Crippen LogP contribution in [0.2, 0.25) is 0 Å². The van der Waals surface area contributed by atoms with Gasteiger partial charge in [-0.3, -0.25) is 0 Å². The first-order valence-electron chi connectivity index (χ1n) is 11.0. The highest BCUT2D eigenvalue weighted by Crippen LogP contribution is 2.15. The molecule has 0 spiro atoms. The van der Waals surface area contributed by atoms with Crippen molar-refractivity contribution in [2.75, 3.05) is 0 Å². The summed E-state index contributed by atoms with van der Waals surface area (Å²) in [6.45, 7) is 9.28. The summed E-state index contributed by atoms with van der Waals surface area (Å²) in [5, 5.41) is 3.92. The Morgan fingerprint density at radius 1 is 0.522 bits per heavy atom. The Labute approximate surface area is 148 Å². The molecule has 0 aromatic heterocycles. The van der Waals surface area contributed by atoms with E-state index < -0.39 is 0 Å². The van der Waals surface area contributed by atoms with Crippen molar-refractivity contribution in [2.24, 2.45) is 0 Å². The summed E-state index contributed by atoms with van der Waals surface area (Å²) in [6.07, 6.45) is 22.5. The standard InChI is InChI=1S/C22H47N/c1-5-8-10-12-14-16-19-22(23-21(4)18-7-3)20-17-15-13-11-9-6-2/h21-23H,5-20H2,1-4H3. The van der Waals surface area contributed by atoms with Crippen LogP contribution in [0.15, 0.2) is 0 Å². The summed E-state index contributed by atoms with van der Waals surface area (Å²) >= 11 is 0. The van der Waals surface area contributed by atoms with Crippen molar-refractivity contribution >= 4 is 0 Å². The molecule has 1 nitrogen and oxygen atoms in total. The lowest BCUT2D eigenvalue weighted by Crippen LogP contribution is -2.36. The van der Waals surface area contributed by atoms with E-state index in [1.165, 1.54) is 103 Å². The van der Waals surface area contributed by atoms with Crippen LogP contribution in [-0.4, -0.2) is 12.1 Å². The zero-order valence-corrected chi connectivity index (χ0v) is 17.0. The van der Waals surface area contributed by atoms with Crippen LogP contribution >= 0.6 is 0 Å². The number of unbranched alkanes of at least 4 members (excludes halogenated alkanes) is 10. The molecule has 1 atom stereocenters.